The summed E-state index contributed by atoms with van der Waals surface area (Å²) in [6, 6.07) is 8.53. The maximum atomic E-state index is 12.3. The molecule has 1 aliphatic rings. The highest BCUT2D eigenvalue weighted by Gasteiger charge is 2.51. The predicted octanol–water partition coefficient (Wildman–Crippen LogP) is 4.92. The number of unbranched alkanes of at least 4 members (excludes halogenated alkanes) is 3. The maximum Gasteiger partial charge on any atom is 0.303 e. The molecule has 0 bridgehead atoms. The highest BCUT2D eigenvalue weighted by molar-refractivity contribution is 7.44. The van der Waals surface area contributed by atoms with Gasteiger partial charge in [-0.15, -0.1) is 5.10 Å². The summed E-state index contributed by atoms with van der Waals surface area (Å²) in [5.41, 5.74) is 1.37. The van der Waals surface area contributed by atoms with E-state index >= 15 is 0 Å². The first-order valence-corrected chi connectivity index (χ1v) is 19.3. The number of hydrogen-bond acceptors (Lipinski definition) is 14. The first-order valence-electron chi connectivity index (χ1n) is 18.2. The van der Waals surface area contributed by atoms with E-state index in [1.807, 2.05) is 24.3 Å². The third-order valence-corrected chi connectivity index (χ3v) is 9.69. The van der Waals surface area contributed by atoms with Crippen LogP contribution in [0.4, 0.5) is 0 Å². The zero-order valence-corrected chi connectivity index (χ0v) is 32.6. The van der Waals surface area contributed by atoms with Gasteiger partial charge in [0.15, 0.2) is 18.5 Å². The van der Waals surface area contributed by atoms with Gasteiger partial charge >= 0.3 is 11.9 Å². The van der Waals surface area contributed by atoms with Crippen LogP contribution in [0.25, 0.3) is 11.3 Å². The molecule has 3 rings (SSSR count). The van der Waals surface area contributed by atoms with E-state index in [0.717, 1.165) is 50.8 Å². The number of aromatic nitrogens is 3. The number of carbonyl (C=O) groups excluding carboxylic acids is 3. The molecule has 1 aromatic heterocycles. The maximum absolute atomic E-state index is 12.3. The molecule has 1 fully saturated rings. The second-order valence-electron chi connectivity index (χ2n) is 12.5. The minimum atomic E-state index is -1.23. The van der Waals surface area contributed by atoms with Crippen molar-refractivity contribution in [2.45, 2.75) is 117 Å². The van der Waals surface area contributed by atoms with E-state index in [-0.39, 0.29) is 13.2 Å². The topological polar surface area (TPSA) is 186 Å². The second kappa shape index (κ2) is 23.9. The monoisotopic (exact) mass is 762 g/mol. The van der Waals surface area contributed by atoms with Gasteiger partial charge in [-0.05, 0) is 37.8 Å². The van der Waals surface area contributed by atoms with Crippen molar-refractivity contribution in [3.8, 4) is 23.1 Å². The van der Waals surface area contributed by atoms with Crippen molar-refractivity contribution in [2.24, 2.45) is 0 Å². The lowest BCUT2D eigenvalue weighted by Crippen LogP contribution is -2.66. The quantitative estimate of drug-likeness (QED) is 0.0863. The second-order valence-corrected chi connectivity index (χ2v) is 14.1. The Hall–Kier alpha value is -3.71. The van der Waals surface area contributed by atoms with Crippen molar-refractivity contribution in [2.75, 3.05) is 40.0 Å². The van der Waals surface area contributed by atoms with Crippen molar-refractivity contribution < 1.29 is 47.1 Å². The lowest BCUT2D eigenvalue weighted by Gasteiger charge is -2.45. The van der Waals surface area contributed by atoms with Gasteiger partial charge in [-0.1, -0.05) is 44.0 Å². The smallest absolute Gasteiger partial charge is 0.303 e. The van der Waals surface area contributed by atoms with Crippen molar-refractivity contribution in [1.82, 2.24) is 25.0 Å². The summed E-state index contributed by atoms with van der Waals surface area (Å²) in [5, 5.41) is 20.3. The third kappa shape index (κ3) is 14.9. The highest BCUT2D eigenvalue weighted by atomic mass is 31.2. The van der Waals surface area contributed by atoms with Gasteiger partial charge in [0, 0.05) is 46.0 Å². The van der Waals surface area contributed by atoms with Crippen LogP contribution in [-0.2, 0) is 48.9 Å². The first-order chi connectivity index (χ1) is 25.6. The Kier molecular flexibility index (Phi) is 19.7. The molecule has 0 saturated carbocycles. The number of nitrogens with one attached hydrogen (secondary N) is 1. The normalized spacial score (nSPS) is 20.4. The number of esters is 2. The number of methoxy groups -OCH3 is 1. The predicted molar refractivity (Wildman–Crippen MR) is 195 cm³/mol. The van der Waals surface area contributed by atoms with Crippen LogP contribution in [0, 0.1) is 11.3 Å². The van der Waals surface area contributed by atoms with Gasteiger partial charge in [0.25, 0.3) is 8.53 Å². The molecule has 1 aromatic carbocycles. The van der Waals surface area contributed by atoms with Gasteiger partial charge in [-0.25, -0.2) is 9.35 Å². The fourth-order valence-corrected chi connectivity index (χ4v) is 7.45. The number of carbonyl (C=O) groups is 3. The van der Waals surface area contributed by atoms with Crippen LogP contribution in [0.1, 0.15) is 79.6 Å². The van der Waals surface area contributed by atoms with Gasteiger partial charge in [0.2, 0.25) is 5.91 Å². The SMILES string of the molecule is CCCN(CCC)P(OCCC#N)OCCCCCCOC1OC(Cn2cc(-c3cccc(OC)c3)nn2)C(OC(C)=O)C(OC(C)=O)C1NC(C)=O. The van der Waals surface area contributed by atoms with Crippen LogP contribution in [-0.4, -0.2) is 108 Å². The summed E-state index contributed by atoms with van der Waals surface area (Å²) < 4.78 is 45.2. The number of hydrogen-bond donors (Lipinski definition) is 1. The van der Waals surface area contributed by atoms with E-state index in [2.05, 4.69) is 40.2 Å². The zero-order chi connectivity index (χ0) is 38.6. The molecule has 2 aromatic rings. The zero-order valence-electron chi connectivity index (χ0n) is 31.7. The lowest BCUT2D eigenvalue weighted by molar-refractivity contribution is -0.274. The molecule has 6 unspecified atom stereocenters. The highest BCUT2D eigenvalue weighted by Crippen LogP contribution is 2.43. The fraction of sp³-hybridized carbons (Fsp3) is 0.667. The molecule has 0 radical (unpaired) electrons. The van der Waals surface area contributed by atoms with Gasteiger partial charge in [0.1, 0.15) is 23.6 Å². The molecule has 1 N–H and O–H groups in total. The molecular formula is C36H55N6O10P. The Bertz CT molecular complexity index is 1450. The molecule has 16 nitrogen and oxygen atoms in total. The summed E-state index contributed by atoms with van der Waals surface area (Å²) in [7, 11) is 0.352. The van der Waals surface area contributed by atoms with Crippen molar-refractivity contribution in [3.05, 3.63) is 30.5 Å². The number of rotatable bonds is 24. The number of nitrogens with zero attached hydrogens (tertiary/aromatic N) is 5. The molecule has 294 valence electrons. The summed E-state index contributed by atoms with van der Waals surface area (Å²) in [6.07, 6.45) is 3.07. The first kappa shape index (κ1) is 43.7. The Labute approximate surface area is 313 Å². The van der Waals surface area contributed by atoms with Crippen LogP contribution < -0.4 is 10.1 Å². The number of nitriles is 1. The average molecular weight is 763 g/mol. The van der Waals surface area contributed by atoms with Crippen LogP contribution in [0.2, 0.25) is 0 Å². The van der Waals surface area contributed by atoms with Crippen molar-refractivity contribution in [1.29, 1.82) is 5.26 Å². The van der Waals surface area contributed by atoms with Crippen molar-refractivity contribution in [3.63, 3.8) is 0 Å². The van der Waals surface area contributed by atoms with E-state index < -0.39 is 57.0 Å². The molecule has 1 saturated heterocycles. The molecule has 6 atom stereocenters. The molecule has 0 aliphatic carbocycles. The van der Waals surface area contributed by atoms with Gasteiger partial charge in [-0.3, -0.25) is 14.4 Å². The Morgan fingerprint density at radius 1 is 0.981 bits per heavy atom. The Balaban J connectivity index is 1.66. The van der Waals surface area contributed by atoms with E-state index in [1.165, 1.54) is 20.8 Å². The minimum Gasteiger partial charge on any atom is -0.497 e. The van der Waals surface area contributed by atoms with Crippen LogP contribution >= 0.6 is 8.53 Å². The standard InChI is InChI=1S/C36H55N6O10P/c1-7-18-42(19-8-2)53(49-22-14-17-37)48-21-12-10-9-11-20-47-36-33(38-26(3)43)35(51-28(5)45)34(50-27(4)44)32(52-36)25-41-24-31(39-40-41)29-15-13-16-30(23-29)46-6/h13,15-16,23-24,32-36H,7-12,14,18-22,25H2,1-6H3,(H,38,43). The van der Waals surface area contributed by atoms with Gasteiger partial charge in [-0.2, -0.15) is 5.26 Å². The van der Waals surface area contributed by atoms with E-state index in [9.17, 15) is 14.4 Å². The fourth-order valence-electron chi connectivity index (χ4n) is 5.79. The molecule has 1 amide bonds. The third-order valence-electron chi connectivity index (χ3n) is 8.02. The summed E-state index contributed by atoms with van der Waals surface area (Å²) >= 11 is 0. The van der Waals surface area contributed by atoms with E-state index in [4.69, 9.17) is 38.0 Å². The van der Waals surface area contributed by atoms with Gasteiger partial charge in [0.05, 0.1) is 45.6 Å². The molecule has 1 aliphatic heterocycles. The Morgan fingerprint density at radius 2 is 1.66 bits per heavy atom. The van der Waals surface area contributed by atoms with Crippen LogP contribution in [0.15, 0.2) is 30.5 Å². The van der Waals surface area contributed by atoms with Gasteiger partial charge < -0.3 is 38.0 Å². The minimum absolute atomic E-state index is 0.0655. The number of ether oxygens (including phenoxy) is 5. The Morgan fingerprint density at radius 3 is 2.30 bits per heavy atom. The van der Waals surface area contributed by atoms with Crippen LogP contribution in [0.3, 0.4) is 0 Å². The van der Waals surface area contributed by atoms with E-state index in [0.29, 0.717) is 37.5 Å². The lowest BCUT2D eigenvalue weighted by atomic mass is 9.95. The van der Waals surface area contributed by atoms with E-state index in [1.54, 1.807) is 18.0 Å². The average Bonchev–Trinajstić information content (AvgIpc) is 3.59. The molecule has 2 heterocycles. The molecular weight excluding hydrogens is 707 g/mol. The number of benzene rings is 1. The summed E-state index contributed by atoms with van der Waals surface area (Å²) in [4.78, 5) is 37.0. The molecule has 53 heavy (non-hydrogen) atoms. The van der Waals surface area contributed by atoms with Crippen LogP contribution in [0.5, 0.6) is 5.75 Å². The molecule has 17 heteroatoms. The number of amides is 1. The summed E-state index contributed by atoms with van der Waals surface area (Å²) in [6.45, 7) is 11.0. The largest absolute Gasteiger partial charge is 0.497 e. The molecule has 0 spiro atoms. The van der Waals surface area contributed by atoms with Crippen molar-refractivity contribution >= 4 is 26.4 Å². The summed E-state index contributed by atoms with van der Waals surface area (Å²) in [5.74, 6) is -0.989.